The smallest absolute Gasteiger partial charge is 0.247 e. The Balaban J connectivity index is 1.73. The summed E-state index contributed by atoms with van der Waals surface area (Å²) in [5.74, 6) is 0.968. The normalized spacial score (nSPS) is 19.1. The highest BCUT2D eigenvalue weighted by molar-refractivity contribution is 5.92. The molecule has 1 amide bonds. The van der Waals surface area contributed by atoms with Crippen LogP contribution in [-0.4, -0.2) is 30.0 Å². The molecule has 0 aliphatic heterocycles. The number of para-hydroxylation sites is 1. The Bertz CT molecular complexity index is 528. The molecule has 3 nitrogen and oxygen atoms in total. The van der Waals surface area contributed by atoms with E-state index < -0.39 is 0 Å². The molecular weight excluding hydrogens is 262 g/mol. The average molecular weight is 285 g/mol. The van der Waals surface area contributed by atoms with E-state index in [1.807, 2.05) is 30.3 Å². The van der Waals surface area contributed by atoms with Gasteiger partial charge in [-0.15, -0.1) is 0 Å². The van der Waals surface area contributed by atoms with Crippen molar-refractivity contribution in [3.05, 3.63) is 35.9 Å². The van der Waals surface area contributed by atoms with Crippen LogP contribution in [0.3, 0.4) is 0 Å². The molecule has 0 bridgehead atoms. The van der Waals surface area contributed by atoms with E-state index >= 15 is 0 Å². The summed E-state index contributed by atoms with van der Waals surface area (Å²) in [5.41, 5.74) is 0.954. The van der Waals surface area contributed by atoms with Gasteiger partial charge in [-0.1, -0.05) is 31.0 Å². The van der Waals surface area contributed by atoms with Gasteiger partial charge in [0.15, 0.2) is 0 Å². The van der Waals surface area contributed by atoms with E-state index in [0.717, 1.165) is 11.3 Å². The van der Waals surface area contributed by atoms with Crippen LogP contribution in [0.25, 0.3) is 6.08 Å². The fourth-order valence-electron chi connectivity index (χ4n) is 3.24. The monoisotopic (exact) mass is 285 g/mol. The molecule has 0 spiro atoms. The van der Waals surface area contributed by atoms with E-state index in [9.17, 15) is 4.79 Å². The largest absolute Gasteiger partial charge is 0.496 e. The standard InChI is InChI=1S/C18H23NO2/c1-21-17-9-5-2-6-14(17)10-13-18(20)19(16-11-12-16)15-7-3-4-8-15/h2,5-6,9-10,13,15-16H,3-4,7-8,11-12H2,1H3/b13-10+. The van der Waals surface area contributed by atoms with Crippen molar-refractivity contribution in [1.82, 2.24) is 4.90 Å². The number of methoxy groups -OCH3 is 1. The first-order chi connectivity index (χ1) is 10.3. The fourth-order valence-corrected chi connectivity index (χ4v) is 3.24. The van der Waals surface area contributed by atoms with Gasteiger partial charge in [0.1, 0.15) is 5.75 Å². The van der Waals surface area contributed by atoms with Gasteiger partial charge in [0, 0.05) is 23.7 Å². The maximum atomic E-state index is 12.6. The highest BCUT2D eigenvalue weighted by atomic mass is 16.5. The molecule has 3 rings (SSSR count). The lowest BCUT2D eigenvalue weighted by Crippen LogP contribution is -2.39. The van der Waals surface area contributed by atoms with Crippen LogP contribution in [0, 0.1) is 0 Å². The Kier molecular flexibility index (Phi) is 4.28. The van der Waals surface area contributed by atoms with E-state index in [4.69, 9.17) is 4.74 Å². The first-order valence-electron chi connectivity index (χ1n) is 7.93. The molecule has 1 aromatic rings. The van der Waals surface area contributed by atoms with E-state index in [-0.39, 0.29) is 5.91 Å². The van der Waals surface area contributed by atoms with Crippen molar-refractivity contribution in [3.8, 4) is 5.75 Å². The number of hydrogen-bond donors (Lipinski definition) is 0. The van der Waals surface area contributed by atoms with Gasteiger partial charge < -0.3 is 9.64 Å². The van der Waals surface area contributed by atoms with Crippen LogP contribution in [0.15, 0.2) is 30.3 Å². The predicted molar refractivity (Wildman–Crippen MR) is 84.2 cm³/mol. The molecule has 0 aromatic heterocycles. The molecular formula is C18H23NO2. The molecule has 0 saturated heterocycles. The van der Waals surface area contributed by atoms with Crippen molar-refractivity contribution >= 4 is 12.0 Å². The second kappa shape index (κ2) is 6.33. The lowest BCUT2D eigenvalue weighted by atomic mass is 10.1. The third kappa shape index (κ3) is 3.29. The second-order valence-corrected chi connectivity index (χ2v) is 5.99. The molecule has 112 valence electrons. The zero-order chi connectivity index (χ0) is 14.7. The number of nitrogens with zero attached hydrogens (tertiary/aromatic N) is 1. The Morgan fingerprint density at radius 2 is 1.81 bits per heavy atom. The highest BCUT2D eigenvalue weighted by Gasteiger charge is 2.37. The van der Waals surface area contributed by atoms with Crippen molar-refractivity contribution in [1.29, 1.82) is 0 Å². The van der Waals surface area contributed by atoms with Crippen LogP contribution >= 0.6 is 0 Å². The van der Waals surface area contributed by atoms with E-state index in [0.29, 0.717) is 12.1 Å². The Hall–Kier alpha value is -1.77. The summed E-state index contributed by atoms with van der Waals surface area (Å²) in [6.07, 6.45) is 10.8. The van der Waals surface area contributed by atoms with Crippen molar-refractivity contribution in [2.24, 2.45) is 0 Å². The van der Waals surface area contributed by atoms with Gasteiger partial charge in [0.25, 0.3) is 0 Å². The molecule has 0 unspecified atom stereocenters. The molecule has 21 heavy (non-hydrogen) atoms. The third-order valence-corrected chi connectivity index (χ3v) is 4.46. The molecule has 2 fully saturated rings. The average Bonchev–Trinajstić information content (AvgIpc) is 3.19. The fraction of sp³-hybridized carbons (Fsp3) is 0.500. The molecule has 3 heteroatoms. The summed E-state index contributed by atoms with van der Waals surface area (Å²) in [6.45, 7) is 0. The number of carbonyl (C=O) groups excluding carboxylic acids is 1. The summed E-state index contributed by atoms with van der Waals surface area (Å²) in [4.78, 5) is 14.7. The van der Waals surface area contributed by atoms with Gasteiger partial charge in [-0.3, -0.25) is 4.79 Å². The van der Waals surface area contributed by atoms with Gasteiger partial charge >= 0.3 is 0 Å². The number of ether oxygens (including phenoxy) is 1. The minimum atomic E-state index is 0.162. The van der Waals surface area contributed by atoms with Crippen LogP contribution in [0.5, 0.6) is 5.75 Å². The van der Waals surface area contributed by atoms with E-state index in [2.05, 4.69) is 4.90 Å². The van der Waals surface area contributed by atoms with Gasteiger partial charge in [0.05, 0.1) is 7.11 Å². The van der Waals surface area contributed by atoms with Crippen LogP contribution in [-0.2, 0) is 4.79 Å². The zero-order valence-electron chi connectivity index (χ0n) is 12.6. The Morgan fingerprint density at radius 1 is 1.14 bits per heavy atom. The maximum absolute atomic E-state index is 12.6. The van der Waals surface area contributed by atoms with Gasteiger partial charge in [-0.2, -0.15) is 0 Å². The van der Waals surface area contributed by atoms with Gasteiger partial charge in [0.2, 0.25) is 5.91 Å². The zero-order valence-corrected chi connectivity index (χ0v) is 12.6. The lowest BCUT2D eigenvalue weighted by Gasteiger charge is -2.28. The predicted octanol–water partition coefficient (Wildman–Crippen LogP) is 3.64. The van der Waals surface area contributed by atoms with Gasteiger partial charge in [-0.25, -0.2) is 0 Å². The molecule has 2 saturated carbocycles. The maximum Gasteiger partial charge on any atom is 0.247 e. The number of amides is 1. The molecule has 1 aromatic carbocycles. The van der Waals surface area contributed by atoms with Gasteiger partial charge in [-0.05, 0) is 37.8 Å². The molecule has 0 heterocycles. The molecule has 2 aliphatic rings. The third-order valence-electron chi connectivity index (χ3n) is 4.46. The Labute approximate surface area is 126 Å². The molecule has 0 N–H and O–H groups in total. The summed E-state index contributed by atoms with van der Waals surface area (Å²) in [5, 5.41) is 0. The van der Waals surface area contributed by atoms with Crippen molar-refractivity contribution in [3.63, 3.8) is 0 Å². The van der Waals surface area contributed by atoms with Crippen LogP contribution < -0.4 is 4.74 Å². The molecule has 2 aliphatic carbocycles. The molecule has 0 radical (unpaired) electrons. The number of rotatable bonds is 5. The SMILES string of the molecule is COc1ccccc1/C=C/C(=O)N(C1CCCC1)C1CC1. The minimum Gasteiger partial charge on any atom is -0.496 e. The lowest BCUT2D eigenvalue weighted by molar-refractivity contribution is -0.128. The molecule has 0 atom stereocenters. The quantitative estimate of drug-likeness (QED) is 0.773. The number of carbonyl (C=O) groups is 1. The number of benzene rings is 1. The number of hydrogen-bond acceptors (Lipinski definition) is 2. The van der Waals surface area contributed by atoms with Crippen molar-refractivity contribution in [2.75, 3.05) is 7.11 Å². The van der Waals surface area contributed by atoms with Crippen molar-refractivity contribution in [2.45, 2.75) is 50.6 Å². The summed E-state index contributed by atoms with van der Waals surface area (Å²) >= 11 is 0. The van der Waals surface area contributed by atoms with Crippen LogP contribution in [0.2, 0.25) is 0 Å². The Morgan fingerprint density at radius 3 is 2.48 bits per heavy atom. The first kappa shape index (κ1) is 14.2. The van der Waals surface area contributed by atoms with Crippen LogP contribution in [0.1, 0.15) is 44.1 Å². The first-order valence-corrected chi connectivity index (χ1v) is 7.93. The second-order valence-electron chi connectivity index (χ2n) is 5.99. The topological polar surface area (TPSA) is 29.5 Å². The van der Waals surface area contributed by atoms with Crippen LogP contribution in [0.4, 0.5) is 0 Å². The summed E-state index contributed by atoms with van der Waals surface area (Å²) < 4.78 is 5.32. The van der Waals surface area contributed by atoms with E-state index in [1.165, 1.54) is 38.5 Å². The minimum absolute atomic E-state index is 0.162. The summed E-state index contributed by atoms with van der Waals surface area (Å²) in [7, 11) is 1.66. The van der Waals surface area contributed by atoms with E-state index in [1.54, 1.807) is 13.2 Å². The van der Waals surface area contributed by atoms with Crippen molar-refractivity contribution < 1.29 is 9.53 Å². The highest BCUT2D eigenvalue weighted by Crippen LogP contribution is 2.34. The summed E-state index contributed by atoms with van der Waals surface area (Å²) in [6, 6.07) is 8.74.